The van der Waals surface area contributed by atoms with E-state index in [-0.39, 0.29) is 43.1 Å². The van der Waals surface area contributed by atoms with E-state index in [1.165, 1.54) is 0 Å². The molecule has 3 aliphatic rings. The molecule has 4 rings (SSSR count). The van der Waals surface area contributed by atoms with E-state index in [0.29, 0.717) is 12.2 Å². The van der Waals surface area contributed by atoms with Gasteiger partial charge in [0.15, 0.2) is 0 Å². The molecule has 0 saturated carbocycles. The van der Waals surface area contributed by atoms with E-state index in [4.69, 9.17) is 14.2 Å². The molecule has 2 fully saturated rings. The average Bonchev–Trinajstić information content (AvgIpc) is 3.04. The number of likely N-dealkylation sites (tertiary alicyclic amines) is 1. The summed E-state index contributed by atoms with van der Waals surface area (Å²) in [4.78, 5) is 39.8. The first-order valence-electron chi connectivity index (χ1n) is 10.6. The highest BCUT2D eigenvalue weighted by Crippen LogP contribution is 2.49. The van der Waals surface area contributed by atoms with E-state index in [2.05, 4.69) is 0 Å². The van der Waals surface area contributed by atoms with Gasteiger partial charge in [0.2, 0.25) is 0 Å². The van der Waals surface area contributed by atoms with E-state index < -0.39 is 17.9 Å². The number of benzene rings is 1. The molecular weight excluding hydrogens is 386 g/mol. The van der Waals surface area contributed by atoms with Crippen molar-refractivity contribution in [3.8, 4) is 0 Å². The summed E-state index contributed by atoms with van der Waals surface area (Å²) in [5.74, 6) is -2.30. The van der Waals surface area contributed by atoms with Crippen LogP contribution in [-0.2, 0) is 30.4 Å². The van der Waals surface area contributed by atoms with E-state index >= 15 is 0 Å². The zero-order chi connectivity index (χ0) is 21.3. The van der Waals surface area contributed by atoms with Gasteiger partial charge in [0.1, 0.15) is 12.7 Å². The van der Waals surface area contributed by atoms with Crippen LogP contribution in [0.4, 0.5) is 4.79 Å². The number of ether oxygens (including phenoxy) is 3. The lowest BCUT2D eigenvalue weighted by Gasteiger charge is -2.44. The molecule has 30 heavy (non-hydrogen) atoms. The van der Waals surface area contributed by atoms with Gasteiger partial charge in [0, 0.05) is 24.1 Å². The van der Waals surface area contributed by atoms with E-state index in [9.17, 15) is 14.4 Å². The molecule has 0 radical (unpaired) electrons. The molecule has 7 nitrogen and oxygen atoms in total. The number of nitrogens with zero attached hydrogens (tertiary/aromatic N) is 1. The maximum atomic E-state index is 13.3. The molecule has 0 bridgehead atoms. The third-order valence-electron chi connectivity index (χ3n) is 6.30. The number of hydrogen-bond acceptors (Lipinski definition) is 6. The molecule has 1 amide bonds. The lowest BCUT2D eigenvalue weighted by Crippen LogP contribution is -2.49. The summed E-state index contributed by atoms with van der Waals surface area (Å²) in [6.07, 6.45) is 2.49. The lowest BCUT2D eigenvalue weighted by atomic mass is 9.65. The largest absolute Gasteiger partial charge is 0.462 e. The minimum absolute atomic E-state index is 0.171. The van der Waals surface area contributed by atoms with Crippen molar-refractivity contribution in [2.75, 3.05) is 13.2 Å². The van der Waals surface area contributed by atoms with Crippen LogP contribution in [0.15, 0.2) is 42.1 Å². The molecule has 1 aliphatic carbocycles. The highest BCUT2D eigenvalue weighted by Gasteiger charge is 2.56. The van der Waals surface area contributed by atoms with Crippen molar-refractivity contribution >= 4 is 18.0 Å². The van der Waals surface area contributed by atoms with Crippen molar-refractivity contribution in [3.63, 3.8) is 0 Å². The highest BCUT2D eigenvalue weighted by molar-refractivity contribution is 5.83. The maximum Gasteiger partial charge on any atom is 0.414 e. The van der Waals surface area contributed by atoms with Crippen molar-refractivity contribution in [3.05, 3.63) is 47.7 Å². The van der Waals surface area contributed by atoms with Gasteiger partial charge in [-0.25, -0.2) is 4.79 Å². The standard InChI is InChI=1S/C23H27NO6/c1-3-28-23(27)24-11-7-10-16-18(24)12-17-19(14(2)30-21(17)25)20(16)22(26)29-13-15-8-5-4-6-9-15/h4-6,8-9,12,14,16-17,19-20H,3,7,10-11,13H2,1-2H3/t14-,16-,17-,19-,20+/m1/s1. The quantitative estimate of drug-likeness (QED) is 0.557. The van der Waals surface area contributed by atoms with Crippen LogP contribution in [0, 0.1) is 23.7 Å². The van der Waals surface area contributed by atoms with Gasteiger partial charge in [-0.3, -0.25) is 14.5 Å². The third-order valence-corrected chi connectivity index (χ3v) is 6.30. The number of carbonyl (C=O) groups excluding carboxylic acids is 3. The van der Waals surface area contributed by atoms with Gasteiger partial charge in [-0.05, 0) is 38.3 Å². The Morgan fingerprint density at radius 1 is 1.20 bits per heavy atom. The number of hydrogen-bond donors (Lipinski definition) is 0. The van der Waals surface area contributed by atoms with Crippen molar-refractivity contribution in [2.45, 2.75) is 39.4 Å². The Labute approximate surface area is 176 Å². The molecule has 160 valence electrons. The molecule has 1 aromatic carbocycles. The summed E-state index contributed by atoms with van der Waals surface area (Å²) in [7, 11) is 0. The first kappa shape index (κ1) is 20.4. The predicted octanol–water partition coefficient (Wildman–Crippen LogP) is 3.29. The summed E-state index contributed by atoms with van der Waals surface area (Å²) in [6, 6.07) is 9.49. The van der Waals surface area contributed by atoms with Crippen LogP contribution < -0.4 is 0 Å². The van der Waals surface area contributed by atoms with Gasteiger partial charge in [-0.2, -0.15) is 0 Å². The number of esters is 2. The average molecular weight is 413 g/mol. The second-order valence-corrected chi connectivity index (χ2v) is 8.06. The normalized spacial score (nSPS) is 29.9. The fraction of sp³-hybridized carbons (Fsp3) is 0.522. The summed E-state index contributed by atoms with van der Waals surface area (Å²) in [6.45, 7) is 4.52. The second kappa shape index (κ2) is 8.50. The molecule has 0 aromatic heterocycles. The van der Waals surface area contributed by atoms with E-state index in [0.717, 1.165) is 18.4 Å². The molecule has 5 atom stereocenters. The Hall–Kier alpha value is -2.83. The minimum atomic E-state index is -0.560. The van der Waals surface area contributed by atoms with Gasteiger partial charge in [-0.15, -0.1) is 0 Å². The molecule has 2 saturated heterocycles. The highest BCUT2D eigenvalue weighted by atomic mass is 16.6. The van der Waals surface area contributed by atoms with Crippen LogP contribution >= 0.6 is 0 Å². The van der Waals surface area contributed by atoms with Gasteiger partial charge in [-0.1, -0.05) is 30.3 Å². The number of piperidine rings is 1. The summed E-state index contributed by atoms with van der Waals surface area (Å²) < 4.78 is 16.4. The molecular formula is C23H27NO6. The summed E-state index contributed by atoms with van der Waals surface area (Å²) in [5.41, 5.74) is 1.59. The Balaban J connectivity index is 1.63. The zero-order valence-corrected chi connectivity index (χ0v) is 17.3. The van der Waals surface area contributed by atoms with Gasteiger partial charge >= 0.3 is 18.0 Å². The van der Waals surface area contributed by atoms with E-state index in [1.807, 2.05) is 43.3 Å². The molecule has 2 heterocycles. The van der Waals surface area contributed by atoms with Crippen LogP contribution in [-0.4, -0.2) is 42.2 Å². The van der Waals surface area contributed by atoms with Crippen molar-refractivity contribution in [2.24, 2.45) is 23.7 Å². The Morgan fingerprint density at radius 2 is 1.97 bits per heavy atom. The lowest BCUT2D eigenvalue weighted by molar-refractivity contribution is -0.156. The Morgan fingerprint density at radius 3 is 2.70 bits per heavy atom. The minimum Gasteiger partial charge on any atom is -0.462 e. The molecule has 0 unspecified atom stereocenters. The van der Waals surface area contributed by atoms with Crippen molar-refractivity contribution < 1.29 is 28.6 Å². The van der Waals surface area contributed by atoms with Crippen LogP contribution in [0.25, 0.3) is 0 Å². The predicted molar refractivity (Wildman–Crippen MR) is 107 cm³/mol. The van der Waals surface area contributed by atoms with Gasteiger partial charge < -0.3 is 14.2 Å². The topological polar surface area (TPSA) is 82.1 Å². The maximum absolute atomic E-state index is 13.3. The number of fused-ring (bicyclic) bond motifs is 2. The summed E-state index contributed by atoms with van der Waals surface area (Å²) >= 11 is 0. The smallest absolute Gasteiger partial charge is 0.414 e. The zero-order valence-electron chi connectivity index (χ0n) is 17.3. The van der Waals surface area contributed by atoms with Gasteiger partial charge in [0.05, 0.1) is 18.4 Å². The molecule has 0 N–H and O–H groups in total. The van der Waals surface area contributed by atoms with Crippen LogP contribution in [0.3, 0.4) is 0 Å². The van der Waals surface area contributed by atoms with Gasteiger partial charge in [0.25, 0.3) is 0 Å². The first-order chi connectivity index (χ1) is 14.5. The fourth-order valence-electron chi connectivity index (χ4n) is 5.00. The molecule has 1 aromatic rings. The Bertz CT molecular complexity index is 851. The number of amides is 1. The summed E-state index contributed by atoms with van der Waals surface area (Å²) in [5, 5.41) is 0. The number of allylic oxidation sites excluding steroid dienone is 1. The van der Waals surface area contributed by atoms with Crippen LogP contribution in [0.5, 0.6) is 0 Å². The second-order valence-electron chi connectivity index (χ2n) is 8.06. The first-order valence-corrected chi connectivity index (χ1v) is 10.6. The SMILES string of the molecule is CCOC(=O)N1CCC[C@@H]2C1=C[C@H]1C(=O)O[C@H](C)[C@H]1[C@H]2C(=O)OCc1ccccc1. The van der Waals surface area contributed by atoms with Crippen molar-refractivity contribution in [1.82, 2.24) is 4.90 Å². The third kappa shape index (κ3) is 3.68. The Kier molecular flexibility index (Phi) is 5.79. The van der Waals surface area contributed by atoms with Crippen LogP contribution in [0.2, 0.25) is 0 Å². The fourth-order valence-corrected chi connectivity index (χ4v) is 5.00. The number of cyclic esters (lactones) is 1. The monoisotopic (exact) mass is 413 g/mol. The number of carbonyl (C=O) groups is 3. The van der Waals surface area contributed by atoms with E-state index in [1.54, 1.807) is 11.8 Å². The molecule has 2 aliphatic heterocycles. The number of rotatable bonds is 4. The van der Waals surface area contributed by atoms with Crippen LogP contribution in [0.1, 0.15) is 32.3 Å². The molecule has 0 spiro atoms. The molecule has 7 heteroatoms. The van der Waals surface area contributed by atoms with Crippen molar-refractivity contribution in [1.29, 1.82) is 0 Å².